The minimum absolute atomic E-state index is 0.0358. The topological polar surface area (TPSA) is 61.8 Å². The lowest BCUT2D eigenvalue weighted by atomic mass is 10.2. The lowest BCUT2D eigenvalue weighted by molar-refractivity contribution is -0.137. The Bertz CT molecular complexity index is 1030. The number of alkyl halides is 3. The van der Waals surface area contributed by atoms with Crippen LogP contribution in [0.25, 0.3) is 0 Å². The van der Waals surface area contributed by atoms with E-state index in [-0.39, 0.29) is 29.6 Å². The third-order valence-electron chi connectivity index (χ3n) is 4.25. The van der Waals surface area contributed by atoms with E-state index in [2.05, 4.69) is 16.9 Å². The van der Waals surface area contributed by atoms with Gasteiger partial charge in [0, 0.05) is 13.0 Å². The molecule has 0 spiro atoms. The molecule has 0 radical (unpaired) electrons. The molecule has 1 atom stereocenters. The third kappa shape index (κ3) is 5.68. The van der Waals surface area contributed by atoms with Crippen molar-refractivity contribution in [3.8, 4) is 0 Å². The molecule has 1 aliphatic rings. The minimum atomic E-state index is -4.57. The average molecular weight is 468 g/mol. The molecule has 0 bridgehead atoms. The molecule has 3 rings (SSSR count). The number of nitrogens with zero attached hydrogens (tertiary/aromatic N) is 2. The second-order valence-corrected chi connectivity index (χ2v) is 8.10. The molecule has 0 aliphatic carbocycles. The van der Waals surface area contributed by atoms with E-state index >= 15 is 0 Å². The number of anilines is 1. The van der Waals surface area contributed by atoms with Crippen molar-refractivity contribution >= 4 is 51.7 Å². The number of nitrogens with one attached hydrogen (secondary N) is 1. The summed E-state index contributed by atoms with van der Waals surface area (Å²) in [4.78, 5) is 31.1. The van der Waals surface area contributed by atoms with Crippen LogP contribution in [-0.2, 0) is 15.8 Å². The highest BCUT2D eigenvalue weighted by Gasteiger charge is 2.39. The fourth-order valence-corrected chi connectivity index (χ4v) is 4.13. The summed E-state index contributed by atoms with van der Waals surface area (Å²) in [5.41, 5.74) is -0.460. The smallest absolute Gasteiger partial charge is 0.325 e. The number of aliphatic imine (C=N–C) groups is 1. The molecule has 0 aromatic heterocycles. The van der Waals surface area contributed by atoms with Crippen molar-refractivity contribution in [2.75, 3.05) is 11.9 Å². The Morgan fingerprint density at radius 2 is 1.97 bits per heavy atom. The van der Waals surface area contributed by atoms with Crippen molar-refractivity contribution < 1.29 is 22.8 Å². The number of hydrogen-bond donors (Lipinski definition) is 1. The Kier molecular flexibility index (Phi) is 7.07. The predicted molar refractivity (Wildman–Crippen MR) is 117 cm³/mol. The van der Waals surface area contributed by atoms with E-state index in [1.165, 1.54) is 4.90 Å². The molecule has 2 aromatic carbocycles. The van der Waals surface area contributed by atoms with E-state index in [0.717, 1.165) is 30.0 Å². The summed E-state index contributed by atoms with van der Waals surface area (Å²) in [6, 6.07) is 11.7. The van der Waals surface area contributed by atoms with Gasteiger partial charge in [0.15, 0.2) is 5.17 Å². The van der Waals surface area contributed by atoms with Gasteiger partial charge in [-0.3, -0.25) is 14.5 Å². The molecule has 31 heavy (non-hydrogen) atoms. The summed E-state index contributed by atoms with van der Waals surface area (Å²) >= 11 is 7.04. The highest BCUT2D eigenvalue weighted by Crippen LogP contribution is 2.35. The second-order valence-electron chi connectivity index (χ2n) is 6.52. The predicted octanol–water partition coefficient (Wildman–Crippen LogP) is 5.51. The van der Waals surface area contributed by atoms with E-state index in [1.807, 2.05) is 18.2 Å². The summed E-state index contributed by atoms with van der Waals surface area (Å²) in [5.74, 6) is -0.962. The molecule has 0 unspecified atom stereocenters. The summed E-state index contributed by atoms with van der Waals surface area (Å²) in [7, 11) is 0. The van der Waals surface area contributed by atoms with Crippen molar-refractivity contribution in [1.29, 1.82) is 0 Å². The number of rotatable bonds is 6. The maximum atomic E-state index is 12.9. The van der Waals surface area contributed by atoms with Crippen LogP contribution in [0, 0.1) is 0 Å². The Balaban J connectivity index is 1.75. The van der Waals surface area contributed by atoms with Crippen molar-refractivity contribution in [2.45, 2.75) is 17.8 Å². The van der Waals surface area contributed by atoms with Gasteiger partial charge in [-0.1, -0.05) is 47.6 Å². The largest absolute Gasteiger partial charge is 0.416 e. The lowest BCUT2D eigenvalue weighted by Gasteiger charge is -2.14. The number of halogens is 4. The van der Waals surface area contributed by atoms with Crippen LogP contribution in [0.4, 0.5) is 24.5 Å². The molecule has 10 heteroatoms. The zero-order valence-corrected chi connectivity index (χ0v) is 17.6. The lowest BCUT2D eigenvalue weighted by Crippen LogP contribution is -2.33. The molecule has 1 saturated heterocycles. The molecular formula is C21H17ClF3N3O2S. The van der Waals surface area contributed by atoms with Gasteiger partial charge in [-0.15, -0.1) is 6.58 Å². The maximum absolute atomic E-state index is 12.9. The van der Waals surface area contributed by atoms with E-state index in [9.17, 15) is 22.8 Å². The highest BCUT2D eigenvalue weighted by atomic mass is 35.5. The molecule has 2 aromatic rings. The van der Waals surface area contributed by atoms with Crippen molar-refractivity contribution in [3.63, 3.8) is 0 Å². The van der Waals surface area contributed by atoms with Crippen LogP contribution in [0.2, 0.25) is 5.02 Å². The first-order chi connectivity index (χ1) is 14.7. The standard InChI is InChI=1S/C21H17ClF3N3O2S/c1-2-10-28-19(30)17(31-20(28)26-14-6-4-3-5-7-14)12-18(29)27-16-11-13(21(23,24)25)8-9-15(16)22/h2-9,11,17H,1,10,12H2,(H,27,29)/t17-/m0/s1. The average Bonchev–Trinajstić information content (AvgIpc) is 2.98. The third-order valence-corrected chi connectivity index (χ3v) is 5.76. The van der Waals surface area contributed by atoms with E-state index < -0.39 is 22.9 Å². The molecule has 0 saturated carbocycles. The van der Waals surface area contributed by atoms with Gasteiger partial charge in [0.2, 0.25) is 11.8 Å². The van der Waals surface area contributed by atoms with E-state index in [1.54, 1.807) is 18.2 Å². The van der Waals surface area contributed by atoms with Crippen LogP contribution >= 0.6 is 23.4 Å². The van der Waals surface area contributed by atoms with Crippen molar-refractivity contribution in [1.82, 2.24) is 4.90 Å². The van der Waals surface area contributed by atoms with Crippen LogP contribution in [0.3, 0.4) is 0 Å². The number of thioether (sulfide) groups is 1. The normalized spacial score (nSPS) is 17.8. The van der Waals surface area contributed by atoms with Gasteiger partial charge in [0.1, 0.15) is 5.25 Å². The molecule has 2 amide bonds. The van der Waals surface area contributed by atoms with Gasteiger partial charge < -0.3 is 5.32 Å². The van der Waals surface area contributed by atoms with Crippen LogP contribution < -0.4 is 5.32 Å². The summed E-state index contributed by atoms with van der Waals surface area (Å²) in [5, 5.41) is 1.98. The number of carbonyl (C=O) groups is 2. The number of carbonyl (C=O) groups excluding carboxylic acids is 2. The van der Waals surface area contributed by atoms with Crippen molar-refractivity contribution in [3.05, 3.63) is 71.8 Å². The van der Waals surface area contributed by atoms with Gasteiger partial charge in [0.25, 0.3) is 0 Å². The summed E-state index contributed by atoms with van der Waals surface area (Å²) in [6.45, 7) is 3.85. The molecule has 1 N–H and O–H groups in total. The van der Waals surface area contributed by atoms with Gasteiger partial charge in [0.05, 0.1) is 22.0 Å². The molecular weight excluding hydrogens is 451 g/mol. The Morgan fingerprint density at radius 3 is 2.61 bits per heavy atom. The van der Waals surface area contributed by atoms with Gasteiger partial charge in [-0.2, -0.15) is 13.2 Å². The highest BCUT2D eigenvalue weighted by molar-refractivity contribution is 8.15. The number of para-hydroxylation sites is 1. The zero-order chi connectivity index (χ0) is 22.6. The van der Waals surface area contributed by atoms with E-state index in [0.29, 0.717) is 10.9 Å². The number of amides is 2. The Labute approximate surface area is 186 Å². The summed E-state index contributed by atoms with van der Waals surface area (Å²) < 4.78 is 38.8. The second kappa shape index (κ2) is 9.57. The zero-order valence-electron chi connectivity index (χ0n) is 16.0. The first-order valence-corrected chi connectivity index (χ1v) is 10.3. The number of hydrogen-bond acceptors (Lipinski definition) is 4. The van der Waals surface area contributed by atoms with Gasteiger partial charge >= 0.3 is 6.18 Å². The number of amidine groups is 1. The van der Waals surface area contributed by atoms with Gasteiger partial charge in [-0.05, 0) is 30.3 Å². The summed E-state index contributed by atoms with van der Waals surface area (Å²) in [6.07, 6.45) is -3.28. The van der Waals surface area contributed by atoms with Crippen LogP contribution in [-0.4, -0.2) is 33.7 Å². The molecule has 1 aliphatic heterocycles. The van der Waals surface area contributed by atoms with E-state index in [4.69, 9.17) is 11.6 Å². The van der Waals surface area contributed by atoms with Gasteiger partial charge in [-0.25, -0.2) is 4.99 Å². The maximum Gasteiger partial charge on any atom is 0.416 e. The molecule has 1 fully saturated rings. The fraction of sp³-hybridized carbons (Fsp3) is 0.190. The Morgan fingerprint density at radius 1 is 1.26 bits per heavy atom. The Hall–Kier alpha value is -2.78. The molecule has 5 nitrogen and oxygen atoms in total. The first-order valence-electron chi connectivity index (χ1n) is 9.08. The fourth-order valence-electron chi connectivity index (χ4n) is 2.80. The SMILES string of the molecule is C=CCN1C(=O)[C@H](CC(=O)Nc2cc(C(F)(F)F)ccc2Cl)SC1=Nc1ccccc1. The van der Waals surface area contributed by atoms with Crippen LogP contribution in [0.5, 0.6) is 0 Å². The quantitative estimate of drug-likeness (QED) is 0.570. The van der Waals surface area contributed by atoms with Crippen molar-refractivity contribution in [2.24, 2.45) is 4.99 Å². The molecule has 1 heterocycles. The number of benzene rings is 2. The minimum Gasteiger partial charge on any atom is -0.325 e. The van der Waals surface area contributed by atoms with Crippen LogP contribution in [0.15, 0.2) is 66.2 Å². The van der Waals surface area contributed by atoms with Crippen LogP contribution in [0.1, 0.15) is 12.0 Å². The molecule has 162 valence electrons. The first kappa shape index (κ1) is 22.9. The monoisotopic (exact) mass is 467 g/mol.